The first-order valence-electron chi connectivity index (χ1n) is 8.71. The zero-order valence-corrected chi connectivity index (χ0v) is 15.7. The molecule has 0 bridgehead atoms. The van der Waals surface area contributed by atoms with Gasteiger partial charge in [-0.05, 0) is 67.5 Å². The van der Waals surface area contributed by atoms with Crippen molar-refractivity contribution in [1.29, 1.82) is 0 Å². The Kier molecular flexibility index (Phi) is 4.87. The van der Waals surface area contributed by atoms with Gasteiger partial charge in [0.05, 0.1) is 10.6 Å². The van der Waals surface area contributed by atoms with Crippen molar-refractivity contribution in [1.82, 2.24) is 0 Å². The van der Waals surface area contributed by atoms with Gasteiger partial charge in [-0.2, -0.15) is 0 Å². The molecule has 3 nitrogen and oxygen atoms in total. The fraction of sp³-hybridized carbons (Fsp3) is 0.400. The first-order chi connectivity index (χ1) is 11.8. The predicted octanol–water partition coefficient (Wildman–Crippen LogP) is 4.55. The van der Waals surface area contributed by atoms with Crippen molar-refractivity contribution in [3.05, 3.63) is 59.4 Å². The van der Waals surface area contributed by atoms with E-state index in [1.54, 1.807) is 18.2 Å². The minimum absolute atomic E-state index is 0.199. The highest BCUT2D eigenvalue weighted by molar-refractivity contribution is 7.92. The summed E-state index contributed by atoms with van der Waals surface area (Å²) in [4.78, 5) is 0.254. The Morgan fingerprint density at radius 1 is 1.16 bits per heavy atom. The second-order valence-corrected chi connectivity index (χ2v) is 9.02. The van der Waals surface area contributed by atoms with Crippen LogP contribution in [0.5, 0.6) is 0 Å². The van der Waals surface area contributed by atoms with Crippen LogP contribution in [0.2, 0.25) is 0 Å². The fourth-order valence-electron chi connectivity index (χ4n) is 3.42. The summed E-state index contributed by atoms with van der Waals surface area (Å²) in [6.07, 6.45) is 2.40. The molecule has 1 aliphatic rings. The van der Waals surface area contributed by atoms with Crippen molar-refractivity contribution in [3.63, 3.8) is 0 Å². The van der Waals surface area contributed by atoms with Crippen molar-refractivity contribution >= 4 is 15.7 Å². The molecule has 1 aliphatic heterocycles. The number of fused-ring (bicyclic) bond motifs is 1. The van der Waals surface area contributed by atoms with E-state index in [9.17, 15) is 12.8 Å². The molecule has 1 atom stereocenters. The lowest BCUT2D eigenvalue weighted by atomic mass is 9.99. The average molecular weight is 361 g/mol. The van der Waals surface area contributed by atoms with E-state index in [0.29, 0.717) is 11.6 Å². The molecular formula is C20H24FNO2S. The minimum atomic E-state index is -3.72. The van der Waals surface area contributed by atoms with Crippen LogP contribution in [0, 0.1) is 11.7 Å². The quantitative estimate of drug-likeness (QED) is 0.801. The van der Waals surface area contributed by atoms with Gasteiger partial charge in [-0.15, -0.1) is 0 Å². The molecule has 0 saturated carbocycles. The molecule has 2 aromatic rings. The maximum atomic E-state index is 13.7. The summed E-state index contributed by atoms with van der Waals surface area (Å²) in [6.45, 7) is 6.13. The predicted molar refractivity (Wildman–Crippen MR) is 98.8 cm³/mol. The van der Waals surface area contributed by atoms with Crippen molar-refractivity contribution in [2.45, 2.75) is 51.0 Å². The van der Waals surface area contributed by atoms with E-state index >= 15 is 0 Å². The number of nitrogens with zero attached hydrogens (tertiary/aromatic N) is 1. The van der Waals surface area contributed by atoms with Crippen molar-refractivity contribution in [3.8, 4) is 0 Å². The molecule has 0 N–H and O–H groups in total. The molecular weight excluding hydrogens is 337 g/mol. The van der Waals surface area contributed by atoms with Gasteiger partial charge in [0.25, 0.3) is 10.0 Å². The molecule has 0 radical (unpaired) electrons. The lowest BCUT2D eigenvalue weighted by Crippen LogP contribution is -2.42. The summed E-state index contributed by atoms with van der Waals surface area (Å²) in [5, 5.41) is 0. The van der Waals surface area contributed by atoms with E-state index < -0.39 is 15.8 Å². The molecule has 2 aromatic carbocycles. The van der Waals surface area contributed by atoms with E-state index in [4.69, 9.17) is 0 Å². The van der Waals surface area contributed by atoms with Crippen LogP contribution < -0.4 is 4.31 Å². The Hall–Kier alpha value is -1.88. The maximum absolute atomic E-state index is 13.7. The second-order valence-electron chi connectivity index (χ2n) is 7.20. The summed E-state index contributed by atoms with van der Waals surface area (Å²) in [5.41, 5.74) is 2.46. The van der Waals surface area contributed by atoms with E-state index in [1.165, 1.54) is 16.4 Å². The Morgan fingerprint density at radius 2 is 1.84 bits per heavy atom. The number of aryl methyl sites for hydroxylation is 1. The zero-order chi connectivity index (χ0) is 18.2. The number of benzene rings is 2. The number of halogens is 1. The molecule has 0 aliphatic carbocycles. The molecule has 25 heavy (non-hydrogen) atoms. The normalized spacial score (nSPS) is 17.6. The molecule has 0 amide bonds. The van der Waals surface area contributed by atoms with Crippen LogP contribution in [0.3, 0.4) is 0 Å². The van der Waals surface area contributed by atoms with Crippen LogP contribution in [0.15, 0.2) is 47.4 Å². The molecule has 1 heterocycles. The number of anilines is 1. The topological polar surface area (TPSA) is 37.4 Å². The molecule has 0 unspecified atom stereocenters. The van der Waals surface area contributed by atoms with Gasteiger partial charge < -0.3 is 0 Å². The Morgan fingerprint density at radius 3 is 2.48 bits per heavy atom. The van der Waals surface area contributed by atoms with Crippen LogP contribution in [-0.4, -0.2) is 14.5 Å². The smallest absolute Gasteiger partial charge is 0.263 e. The van der Waals surface area contributed by atoms with Crippen LogP contribution >= 0.6 is 0 Å². The molecule has 134 valence electrons. The van der Waals surface area contributed by atoms with E-state index in [1.807, 2.05) is 19.1 Å². The van der Waals surface area contributed by atoms with Crippen molar-refractivity contribution in [2.75, 3.05) is 4.31 Å². The minimum Gasteiger partial charge on any atom is -0.263 e. The van der Waals surface area contributed by atoms with Crippen LogP contribution in [-0.2, 0) is 22.9 Å². The van der Waals surface area contributed by atoms with Gasteiger partial charge >= 0.3 is 0 Å². The highest BCUT2D eigenvalue weighted by Gasteiger charge is 2.34. The third-order valence-electron chi connectivity index (χ3n) is 4.64. The highest BCUT2D eigenvalue weighted by Crippen LogP contribution is 2.35. The van der Waals surface area contributed by atoms with Crippen molar-refractivity contribution in [2.24, 2.45) is 5.92 Å². The number of rotatable bonds is 4. The van der Waals surface area contributed by atoms with Crippen LogP contribution in [0.4, 0.5) is 10.1 Å². The molecule has 0 saturated heterocycles. The number of sulfonamides is 1. The summed E-state index contributed by atoms with van der Waals surface area (Å²) in [5.74, 6) is 0.0970. The standard InChI is InChI=1S/C20H24FNO2S/c1-14(2)12-16-5-10-19(11-6-16)25(23,24)22-15(3)4-7-17-8-9-18(21)13-20(17)22/h5-6,8-11,13-15H,4,7,12H2,1-3H3/t15-/m0/s1. The van der Waals surface area contributed by atoms with Crippen LogP contribution in [0.1, 0.15) is 38.3 Å². The summed E-state index contributed by atoms with van der Waals surface area (Å²) in [6, 6.07) is 11.3. The first-order valence-corrected chi connectivity index (χ1v) is 10.1. The van der Waals surface area contributed by atoms with Crippen LogP contribution in [0.25, 0.3) is 0 Å². The lowest BCUT2D eigenvalue weighted by Gasteiger charge is -2.36. The largest absolute Gasteiger partial charge is 0.264 e. The van der Waals surface area contributed by atoms with Gasteiger partial charge in [-0.25, -0.2) is 12.8 Å². The number of hydrogen-bond acceptors (Lipinski definition) is 2. The molecule has 3 rings (SSSR count). The summed E-state index contributed by atoms with van der Waals surface area (Å²) >= 11 is 0. The molecule has 0 aromatic heterocycles. The Bertz CT molecular complexity index is 860. The molecule has 0 spiro atoms. The SMILES string of the molecule is CC(C)Cc1ccc(S(=O)(=O)N2c3cc(F)ccc3CC[C@@H]2C)cc1. The lowest BCUT2D eigenvalue weighted by molar-refractivity contribution is 0.560. The van der Waals surface area contributed by atoms with Gasteiger partial charge in [0.1, 0.15) is 5.82 Å². The van der Waals surface area contributed by atoms with Gasteiger partial charge in [0.15, 0.2) is 0 Å². The fourth-order valence-corrected chi connectivity index (χ4v) is 5.14. The molecule has 0 fully saturated rings. The average Bonchev–Trinajstić information content (AvgIpc) is 2.54. The summed E-state index contributed by atoms with van der Waals surface area (Å²) < 4.78 is 41.5. The highest BCUT2D eigenvalue weighted by atomic mass is 32.2. The number of hydrogen-bond donors (Lipinski definition) is 0. The van der Waals surface area contributed by atoms with E-state index in [2.05, 4.69) is 13.8 Å². The van der Waals surface area contributed by atoms with Gasteiger partial charge in [-0.1, -0.05) is 32.0 Å². The Labute approximate surface area is 149 Å². The summed E-state index contributed by atoms with van der Waals surface area (Å²) in [7, 11) is -3.72. The van der Waals surface area contributed by atoms with Crippen molar-refractivity contribution < 1.29 is 12.8 Å². The third kappa shape index (κ3) is 3.56. The van der Waals surface area contributed by atoms with E-state index in [-0.39, 0.29) is 10.9 Å². The van der Waals surface area contributed by atoms with Gasteiger partial charge in [0.2, 0.25) is 0 Å². The first kappa shape index (κ1) is 17.9. The van der Waals surface area contributed by atoms with E-state index in [0.717, 1.165) is 30.4 Å². The monoisotopic (exact) mass is 361 g/mol. The molecule has 5 heteroatoms. The maximum Gasteiger partial charge on any atom is 0.264 e. The zero-order valence-electron chi connectivity index (χ0n) is 14.9. The third-order valence-corrected chi connectivity index (χ3v) is 6.58. The van der Waals surface area contributed by atoms with Gasteiger partial charge in [-0.3, -0.25) is 4.31 Å². The van der Waals surface area contributed by atoms with Gasteiger partial charge in [0, 0.05) is 6.04 Å². The Balaban J connectivity index is 2.01. The second kappa shape index (κ2) is 6.79.